The first-order valence-corrected chi connectivity index (χ1v) is 18.5. The molecular weight excluding hydrogens is 684 g/mol. The third-order valence-corrected chi connectivity index (χ3v) is 11.9. The quantitative estimate of drug-likeness (QED) is 0.105. The molecule has 270 valence electrons. The van der Waals surface area contributed by atoms with Crippen LogP contribution in [0.15, 0.2) is 97.1 Å². The topological polar surface area (TPSA) is 145 Å². The van der Waals surface area contributed by atoms with Crippen molar-refractivity contribution in [2.45, 2.75) is 38.5 Å². The SMILES string of the molecule is O=C(Nc1ccc(-c2c3ccccc3c(-c3ccc(NC(=O)C4CCC5C(=O)OC(=O)C5C4)cc3)c3ccccc23)cc1)C1CCC2C(=O)OC(=O)C2C1. The Morgan fingerprint density at radius 1 is 0.444 bits per heavy atom. The fraction of sp³-hybridized carbons (Fsp3) is 0.273. The van der Waals surface area contributed by atoms with E-state index in [0.717, 1.165) is 43.8 Å². The van der Waals surface area contributed by atoms with E-state index in [2.05, 4.69) is 34.9 Å². The zero-order valence-electron chi connectivity index (χ0n) is 29.2. The Morgan fingerprint density at radius 3 is 1.13 bits per heavy atom. The van der Waals surface area contributed by atoms with Gasteiger partial charge in [0.25, 0.3) is 0 Å². The highest BCUT2D eigenvalue weighted by Crippen LogP contribution is 2.45. The Labute approximate surface area is 310 Å². The lowest BCUT2D eigenvalue weighted by Gasteiger charge is -2.26. The molecule has 2 saturated carbocycles. The summed E-state index contributed by atoms with van der Waals surface area (Å²) < 4.78 is 9.62. The van der Waals surface area contributed by atoms with E-state index in [1.54, 1.807) is 0 Å². The van der Waals surface area contributed by atoms with Crippen molar-refractivity contribution in [3.05, 3.63) is 97.1 Å². The van der Waals surface area contributed by atoms with Crippen LogP contribution in [0.4, 0.5) is 11.4 Å². The van der Waals surface area contributed by atoms with Gasteiger partial charge >= 0.3 is 23.9 Å². The lowest BCUT2D eigenvalue weighted by Crippen LogP contribution is -2.33. The smallest absolute Gasteiger partial charge is 0.317 e. The zero-order chi connectivity index (χ0) is 37.1. The number of rotatable bonds is 6. The molecule has 10 heteroatoms. The van der Waals surface area contributed by atoms with Gasteiger partial charge in [0, 0.05) is 23.2 Å². The van der Waals surface area contributed by atoms with Gasteiger partial charge in [-0.3, -0.25) is 28.8 Å². The lowest BCUT2D eigenvalue weighted by atomic mass is 9.75. The number of anilines is 2. The van der Waals surface area contributed by atoms with Gasteiger partial charge in [-0.25, -0.2) is 0 Å². The van der Waals surface area contributed by atoms with Crippen molar-refractivity contribution in [2.75, 3.05) is 10.6 Å². The summed E-state index contributed by atoms with van der Waals surface area (Å²) in [6.07, 6.45) is 2.61. The van der Waals surface area contributed by atoms with Crippen molar-refractivity contribution in [1.29, 1.82) is 0 Å². The molecule has 2 aliphatic carbocycles. The van der Waals surface area contributed by atoms with Gasteiger partial charge in [-0.1, -0.05) is 72.8 Å². The molecule has 5 aromatic rings. The molecule has 0 spiro atoms. The van der Waals surface area contributed by atoms with E-state index < -0.39 is 47.5 Å². The lowest BCUT2D eigenvalue weighted by molar-refractivity contribution is -0.155. The molecule has 6 unspecified atom stereocenters. The molecule has 0 bridgehead atoms. The maximum atomic E-state index is 13.2. The summed E-state index contributed by atoms with van der Waals surface area (Å²) in [6, 6.07) is 32.1. The fourth-order valence-corrected chi connectivity index (χ4v) is 9.08. The van der Waals surface area contributed by atoms with Crippen LogP contribution >= 0.6 is 0 Å². The molecule has 4 aliphatic rings. The summed E-state index contributed by atoms with van der Waals surface area (Å²) in [6.45, 7) is 0. The minimum atomic E-state index is -0.543. The predicted molar refractivity (Wildman–Crippen MR) is 200 cm³/mol. The first kappa shape index (κ1) is 33.7. The number of nitrogens with one attached hydrogen (secondary N) is 2. The predicted octanol–water partition coefficient (Wildman–Crippen LogP) is 7.44. The Morgan fingerprint density at radius 2 is 0.778 bits per heavy atom. The molecule has 0 radical (unpaired) electrons. The van der Waals surface area contributed by atoms with E-state index in [4.69, 9.17) is 9.47 Å². The summed E-state index contributed by atoms with van der Waals surface area (Å²) in [5.74, 6) is -5.02. The highest BCUT2D eigenvalue weighted by atomic mass is 16.6. The van der Waals surface area contributed by atoms with Gasteiger partial charge < -0.3 is 20.1 Å². The van der Waals surface area contributed by atoms with E-state index >= 15 is 0 Å². The zero-order valence-corrected chi connectivity index (χ0v) is 29.2. The van der Waals surface area contributed by atoms with Crippen LogP contribution in [0, 0.1) is 35.5 Å². The molecule has 2 heterocycles. The minimum absolute atomic E-state index is 0.167. The van der Waals surface area contributed by atoms with Gasteiger partial charge in [-0.15, -0.1) is 0 Å². The maximum Gasteiger partial charge on any atom is 0.317 e. The number of hydrogen-bond donors (Lipinski definition) is 2. The van der Waals surface area contributed by atoms with Gasteiger partial charge in [0.1, 0.15) is 0 Å². The first-order chi connectivity index (χ1) is 26.2. The highest BCUT2D eigenvalue weighted by Gasteiger charge is 2.50. The molecule has 9 rings (SSSR count). The van der Waals surface area contributed by atoms with E-state index in [-0.39, 0.29) is 23.7 Å². The fourth-order valence-electron chi connectivity index (χ4n) is 9.08. The van der Waals surface area contributed by atoms with Crippen LogP contribution in [-0.2, 0) is 38.2 Å². The van der Waals surface area contributed by atoms with Crippen LogP contribution in [0.25, 0.3) is 43.8 Å². The van der Waals surface area contributed by atoms with Gasteiger partial charge in [-0.05, 0) is 107 Å². The van der Waals surface area contributed by atoms with Crippen LogP contribution in [0.1, 0.15) is 38.5 Å². The molecule has 2 aliphatic heterocycles. The molecule has 0 aromatic heterocycles. The van der Waals surface area contributed by atoms with Gasteiger partial charge in [-0.2, -0.15) is 0 Å². The summed E-state index contributed by atoms with van der Waals surface area (Å²) in [7, 11) is 0. The second-order valence-electron chi connectivity index (χ2n) is 14.9. The number of ether oxygens (including phenoxy) is 2. The van der Waals surface area contributed by atoms with Crippen molar-refractivity contribution >= 4 is 68.6 Å². The number of cyclic esters (lactones) is 4. The van der Waals surface area contributed by atoms with E-state index in [1.807, 2.05) is 72.8 Å². The number of esters is 4. The Balaban J connectivity index is 0.965. The molecule has 6 atom stereocenters. The monoisotopic (exact) mass is 720 g/mol. The molecule has 2 N–H and O–H groups in total. The van der Waals surface area contributed by atoms with Crippen LogP contribution < -0.4 is 10.6 Å². The van der Waals surface area contributed by atoms with Crippen molar-refractivity contribution in [3.63, 3.8) is 0 Å². The van der Waals surface area contributed by atoms with Gasteiger partial charge in [0.2, 0.25) is 11.8 Å². The summed E-state index contributed by atoms with van der Waals surface area (Å²) in [5.41, 5.74) is 5.41. The number of carbonyl (C=O) groups excluding carboxylic acids is 6. The second kappa shape index (κ2) is 13.4. The van der Waals surface area contributed by atoms with Crippen LogP contribution in [0.2, 0.25) is 0 Å². The maximum absolute atomic E-state index is 13.2. The van der Waals surface area contributed by atoms with E-state index in [9.17, 15) is 28.8 Å². The van der Waals surface area contributed by atoms with Crippen molar-refractivity contribution < 1.29 is 38.2 Å². The summed E-state index contributed by atoms with van der Waals surface area (Å²) in [4.78, 5) is 74.6. The Kier molecular flexibility index (Phi) is 8.33. The average molecular weight is 721 g/mol. The van der Waals surface area contributed by atoms with Gasteiger partial charge in [0.05, 0.1) is 23.7 Å². The standard InChI is InChI=1S/C44H36N2O8/c47-39(25-13-19-33-35(21-25)43(51)53-41(33)49)45-27-15-9-23(10-16-27)37-29-5-1-2-6-30(29)38(32-8-4-3-7-31(32)37)24-11-17-28(18-12-24)46-40(48)26-14-20-34-36(22-26)44(52)54-42(34)50/h1-12,15-18,25-26,33-36H,13-14,19-22H2,(H,45,47)(H,46,48). The van der Waals surface area contributed by atoms with E-state index in [0.29, 0.717) is 49.9 Å². The molecule has 2 saturated heterocycles. The van der Waals surface area contributed by atoms with Crippen LogP contribution in [-0.4, -0.2) is 35.7 Å². The molecule has 5 aromatic carbocycles. The number of carbonyl (C=O) groups is 6. The first-order valence-electron chi connectivity index (χ1n) is 18.5. The minimum Gasteiger partial charge on any atom is -0.393 e. The third-order valence-electron chi connectivity index (χ3n) is 11.9. The Hall–Kier alpha value is -6.16. The van der Waals surface area contributed by atoms with E-state index in [1.165, 1.54) is 0 Å². The summed E-state index contributed by atoms with van der Waals surface area (Å²) in [5, 5.41) is 10.3. The number of amides is 2. The number of fused-ring (bicyclic) bond motifs is 4. The van der Waals surface area contributed by atoms with Crippen molar-refractivity contribution in [3.8, 4) is 22.3 Å². The molecule has 2 amide bonds. The largest absolute Gasteiger partial charge is 0.393 e. The van der Waals surface area contributed by atoms with Crippen molar-refractivity contribution in [1.82, 2.24) is 0 Å². The van der Waals surface area contributed by atoms with Gasteiger partial charge in [0.15, 0.2) is 0 Å². The second-order valence-corrected chi connectivity index (χ2v) is 14.9. The average Bonchev–Trinajstić information content (AvgIpc) is 3.65. The summed E-state index contributed by atoms with van der Waals surface area (Å²) >= 11 is 0. The van der Waals surface area contributed by atoms with Crippen LogP contribution in [0.5, 0.6) is 0 Å². The normalized spacial score (nSPS) is 24.8. The highest BCUT2D eigenvalue weighted by molar-refractivity contribution is 6.21. The number of hydrogen-bond acceptors (Lipinski definition) is 8. The molecular formula is C44H36N2O8. The Bertz CT molecular complexity index is 2180. The molecule has 4 fully saturated rings. The molecule has 10 nitrogen and oxygen atoms in total. The molecule has 54 heavy (non-hydrogen) atoms. The third kappa shape index (κ3) is 5.82. The van der Waals surface area contributed by atoms with Crippen molar-refractivity contribution in [2.24, 2.45) is 35.5 Å². The van der Waals surface area contributed by atoms with Crippen LogP contribution in [0.3, 0.4) is 0 Å². The number of benzene rings is 5.